The summed E-state index contributed by atoms with van der Waals surface area (Å²) in [6.45, 7) is 4.28. The second-order valence-electron chi connectivity index (χ2n) is 9.31. The number of hydrogen-bond donors (Lipinski definition) is 0. The van der Waals surface area contributed by atoms with Crippen molar-refractivity contribution in [3.05, 3.63) is 125 Å². The van der Waals surface area contributed by atoms with Crippen LogP contribution in [0, 0.1) is 13.8 Å². The van der Waals surface area contributed by atoms with Crippen LogP contribution in [0.1, 0.15) is 39.7 Å². The minimum atomic E-state index is -0.182. The zero-order valence-electron chi connectivity index (χ0n) is 20.9. The van der Waals surface area contributed by atoms with Crippen molar-refractivity contribution >= 4 is 5.65 Å². The Hall–Kier alpha value is -4.98. The Morgan fingerprint density at radius 2 is 1.58 bits per heavy atom. The molecule has 1 aliphatic heterocycles. The van der Waals surface area contributed by atoms with Crippen LogP contribution in [0.15, 0.2) is 91.3 Å². The number of aromatic nitrogens is 6. The van der Waals surface area contributed by atoms with Crippen LogP contribution >= 0.6 is 0 Å². The Balaban J connectivity index is 1.37. The van der Waals surface area contributed by atoms with E-state index in [1.54, 1.807) is 10.8 Å². The topological polar surface area (TPSA) is 79.4 Å². The third kappa shape index (κ3) is 3.61. The molecule has 0 saturated carbocycles. The van der Waals surface area contributed by atoms with Gasteiger partial charge in [-0.1, -0.05) is 66.7 Å². The molecule has 4 heterocycles. The molecule has 8 heteroatoms. The molecule has 0 unspecified atom stereocenters. The first kappa shape index (κ1) is 22.2. The highest BCUT2D eigenvalue weighted by molar-refractivity contribution is 5.66. The standard InChI is InChI=1S/C30H24N6O2/c1-19-11-9-10-16-23(19)37-17-24-32-28-27-26(21-12-5-3-6-13-21)25-20(2)33-36(22-14-7-4-8-15-22)30(25)38-29(27)31-18-35(28)34-24/h3-16,18,26H,17H2,1-2H3/t26-/m0/s1. The third-order valence-corrected chi connectivity index (χ3v) is 6.85. The largest absolute Gasteiger partial charge is 0.485 e. The van der Waals surface area contributed by atoms with Gasteiger partial charge in [-0.2, -0.15) is 5.10 Å². The van der Waals surface area contributed by atoms with Gasteiger partial charge in [-0.3, -0.25) is 0 Å². The predicted octanol–water partition coefficient (Wildman–Crippen LogP) is 5.79. The van der Waals surface area contributed by atoms with Crippen molar-refractivity contribution in [2.45, 2.75) is 26.4 Å². The van der Waals surface area contributed by atoms with E-state index in [1.807, 2.05) is 91.3 Å². The van der Waals surface area contributed by atoms with Crippen molar-refractivity contribution in [3.63, 3.8) is 0 Å². The minimum absolute atomic E-state index is 0.182. The second kappa shape index (κ2) is 8.85. The van der Waals surface area contributed by atoms with Gasteiger partial charge in [0.1, 0.15) is 18.7 Å². The smallest absolute Gasteiger partial charge is 0.230 e. The summed E-state index contributed by atoms with van der Waals surface area (Å²) in [6.07, 6.45) is 1.64. The number of aryl methyl sites for hydroxylation is 2. The quantitative estimate of drug-likeness (QED) is 0.298. The molecule has 38 heavy (non-hydrogen) atoms. The normalized spacial score (nSPS) is 14.1. The van der Waals surface area contributed by atoms with E-state index >= 15 is 0 Å². The van der Waals surface area contributed by atoms with Gasteiger partial charge in [0, 0.05) is 0 Å². The monoisotopic (exact) mass is 500 g/mol. The van der Waals surface area contributed by atoms with Gasteiger partial charge in [0.25, 0.3) is 0 Å². The van der Waals surface area contributed by atoms with E-state index in [-0.39, 0.29) is 12.5 Å². The summed E-state index contributed by atoms with van der Waals surface area (Å²) in [7, 11) is 0. The Morgan fingerprint density at radius 1 is 0.842 bits per heavy atom. The van der Waals surface area contributed by atoms with E-state index < -0.39 is 0 Å². The van der Waals surface area contributed by atoms with Gasteiger partial charge in [-0.25, -0.2) is 19.2 Å². The van der Waals surface area contributed by atoms with Crippen molar-refractivity contribution in [1.29, 1.82) is 0 Å². The highest BCUT2D eigenvalue weighted by Gasteiger charge is 2.38. The highest BCUT2D eigenvalue weighted by atomic mass is 16.5. The van der Waals surface area contributed by atoms with Crippen LogP contribution in [0.4, 0.5) is 0 Å². The first-order valence-corrected chi connectivity index (χ1v) is 12.5. The number of nitrogens with zero attached hydrogens (tertiary/aromatic N) is 6. The number of benzene rings is 3. The summed E-state index contributed by atoms with van der Waals surface area (Å²) < 4.78 is 16.1. The Morgan fingerprint density at radius 3 is 2.37 bits per heavy atom. The summed E-state index contributed by atoms with van der Waals surface area (Å²) in [6, 6.07) is 28.2. The summed E-state index contributed by atoms with van der Waals surface area (Å²) in [5.74, 6) is 2.35. The zero-order valence-corrected chi connectivity index (χ0v) is 20.9. The first-order valence-electron chi connectivity index (χ1n) is 12.5. The average molecular weight is 501 g/mol. The molecule has 1 atom stereocenters. The summed E-state index contributed by atoms with van der Waals surface area (Å²) in [4.78, 5) is 9.56. The van der Waals surface area contributed by atoms with Crippen LogP contribution in [0.2, 0.25) is 0 Å². The van der Waals surface area contributed by atoms with Crippen LogP contribution < -0.4 is 9.47 Å². The fraction of sp³-hybridized carbons (Fsp3) is 0.133. The number of hydrogen-bond acceptors (Lipinski definition) is 6. The molecule has 0 N–H and O–H groups in total. The maximum absolute atomic E-state index is 6.47. The van der Waals surface area contributed by atoms with Crippen LogP contribution in [0.5, 0.6) is 17.5 Å². The molecule has 3 aromatic carbocycles. The molecular formula is C30H24N6O2. The summed E-state index contributed by atoms with van der Waals surface area (Å²) in [5, 5.41) is 9.55. The lowest BCUT2D eigenvalue weighted by Crippen LogP contribution is -2.16. The maximum Gasteiger partial charge on any atom is 0.230 e. The Labute approximate surface area is 219 Å². The maximum atomic E-state index is 6.47. The lowest BCUT2D eigenvalue weighted by atomic mass is 9.84. The molecule has 6 aromatic rings. The molecule has 0 radical (unpaired) electrons. The second-order valence-corrected chi connectivity index (χ2v) is 9.31. The number of para-hydroxylation sites is 2. The zero-order chi connectivity index (χ0) is 25.6. The molecule has 0 fully saturated rings. The van der Waals surface area contributed by atoms with Crippen LogP contribution in [0.3, 0.4) is 0 Å². The molecule has 1 aliphatic rings. The van der Waals surface area contributed by atoms with Crippen LogP contribution in [-0.4, -0.2) is 29.4 Å². The number of rotatable bonds is 5. The lowest BCUT2D eigenvalue weighted by molar-refractivity contribution is 0.294. The molecule has 3 aromatic heterocycles. The Kier molecular flexibility index (Phi) is 5.18. The van der Waals surface area contributed by atoms with Gasteiger partial charge >= 0.3 is 0 Å². The van der Waals surface area contributed by atoms with Crippen LogP contribution in [0.25, 0.3) is 11.3 Å². The van der Waals surface area contributed by atoms with Gasteiger partial charge < -0.3 is 9.47 Å². The van der Waals surface area contributed by atoms with Gasteiger partial charge in [0.2, 0.25) is 11.8 Å². The van der Waals surface area contributed by atoms with E-state index in [0.717, 1.165) is 39.4 Å². The predicted molar refractivity (Wildman–Crippen MR) is 142 cm³/mol. The van der Waals surface area contributed by atoms with Crippen LogP contribution in [-0.2, 0) is 6.61 Å². The highest BCUT2D eigenvalue weighted by Crippen LogP contribution is 2.49. The van der Waals surface area contributed by atoms with Gasteiger partial charge in [0.15, 0.2) is 11.5 Å². The van der Waals surface area contributed by atoms with E-state index in [1.165, 1.54) is 0 Å². The molecule has 0 spiro atoms. The van der Waals surface area contributed by atoms with Crippen molar-refractivity contribution in [3.8, 4) is 23.2 Å². The molecule has 0 saturated heterocycles. The van der Waals surface area contributed by atoms with E-state index in [4.69, 9.17) is 19.6 Å². The minimum Gasteiger partial charge on any atom is -0.485 e. The summed E-state index contributed by atoms with van der Waals surface area (Å²) in [5.41, 5.74) is 6.50. The van der Waals surface area contributed by atoms with Crippen molar-refractivity contribution in [2.24, 2.45) is 0 Å². The van der Waals surface area contributed by atoms with E-state index in [2.05, 4.69) is 22.2 Å². The number of ether oxygens (including phenoxy) is 2. The molecule has 7 rings (SSSR count). The lowest BCUT2D eigenvalue weighted by Gasteiger charge is -2.26. The van der Waals surface area contributed by atoms with Gasteiger partial charge in [-0.15, -0.1) is 5.10 Å². The first-order chi connectivity index (χ1) is 18.7. The molecule has 0 amide bonds. The summed E-state index contributed by atoms with van der Waals surface area (Å²) >= 11 is 0. The SMILES string of the molecule is Cc1ccccc1OCc1nc2c3c(ncn2n1)Oc1c(c(C)nn1-c1ccccc1)[C@@H]3c1ccccc1. The fourth-order valence-corrected chi connectivity index (χ4v) is 5.07. The van der Waals surface area contributed by atoms with E-state index in [0.29, 0.717) is 23.2 Å². The molecule has 186 valence electrons. The van der Waals surface area contributed by atoms with Gasteiger partial charge in [-0.05, 0) is 43.2 Å². The molecule has 0 bridgehead atoms. The van der Waals surface area contributed by atoms with Crippen molar-refractivity contribution < 1.29 is 9.47 Å². The van der Waals surface area contributed by atoms with Gasteiger partial charge in [0.05, 0.1) is 28.4 Å². The van der Waals surface area contributed by atoms with E-state index in [9.17, 15) is 0 Å². The fourth-order valence-electron chi connectivity index (χ4n) is 5.07. The average Bonchev–Trinajstić information content (AvgIpc) is 3.53. The van der Waals surface area contributed by atoms with Crippen molar-refractivity contribution in [1.82, 2.24) is 29.4 Å². The molecule has 8 nitrogen and oxygen atoms in total. The van der Waals surface area contributed by atoms with Crippen molar-refractivity contribution in [2.75, 3.05) is 0 Å². The molecular weight excluding hydrogens is 476 g/mol. The molecule has 0 aliphatic carbocycles. The number of fused-ring (bicyclic) bond motifs is 4. The Bertz CT molecular complexity index is 1780. The third-order valence-electron chi connectivity index (χ3n) is 6.85.